The standard InChI is InChI=1S/C29H34NO5PS/c1-21-19-24(7-12-27(21)33-2)23-6-4-5-22(20-23)13-16-35-25-8-10-26(11-9-25)37-36(3,32)29(28(30)31)14-17-34-18-15-29/h4-12,19-20H,13-18H2,1-3H3,(H2,30,31). The van der Waals surface area contributed by atoms with E-state index < -0.39 is 17.4 Å². The van der Waals surface area contributed by atoms with E-state index in [2.05, 4.69) is 36.4 Å². The molecule has 1 atom stereocenters. The van der Waals surface area contributed by atoms with Crippen molar-refractivity contribution in [1.29, 1.82) is 0 Å². The molecule has 0 spiro atoms. The molecule has 3 aromatic carbocycles. The Labute approximate surface area is 223 Å². The van der Waals surface area contributed by atoms with Gasteiger partial charge in [-0.2, -0.15) is 0 Å². The van der Waals surface area contributed by atoms with Crippen molar-refractivity contribution in [3.63, 3.8) is 0 Å². The molecule has 1 fully saturated rings. The van der Waals surface area contributed by atoms with Crippen LogP contribution in [0.15, 0.2) is 71.6 Å². The van der Waals surface area contributed by atoms with Crippen molar-refractivity contribution in [1.82, 2.24) is 0 Å². The Kier molecular flexibility index (Phi) is 8.68. The molecule has 0 bridgehead atoms. The molecule has 4 rings (SSSR count). The Morgan fingerprint density at radius 1 is 1.05 bits per heavy atom. The molecule has 0 aromatic heterocycles. The minimum absolute atomic E-state index is 0.392. The van der Waals surface area contributed by atoms with Crippen LogP contribution in [0.5, 0.6) is 11.5 Å². The zero-order chi connectivity index (χ0) is 26.5. The Morgan fingerprint density at radius 3 is 2.41 bits per heavy atom. The summed E-state index contributed by atoms with van der Waals surface area (Å²) >= 11 is 1.25. The highest BCUT2D eigenvalue weighted by Crippen LogP contribution is 2.70. The average Bonchev–Trinajstić information content (AvgIpc) is 2.90. The fourth-order valence-corrected chi connectivity index (χ4v) is 9.84. The number of methoxy groups -OCH3 is 1. The molecule has 0 aliphatic carbocycles. The van der Waals surface area contributed by atoms with Crippen LogP contribution in [0.2, 0.25) is 0 Å². The van der Waals surface area contributed by atoms with Gasteiger partial charge in [0, 0.05) is 24.5 Å². The second-order valence-corrected chi connectivity index (χ2v) is 15.2. The first-order chi connectivity index (χ1) is 17.7. The van der Waals surface area contributed by atoms with Gasteiger partial charge in [0.2, 0.25) is 5.91 Å². The van der Waals surface area contributed by atoms with Crippen molar-refractivity contribution in [2.45, 2.75) is 36.2 Å². The van der Waals surface area contributed by atoms with E-state index in [-0.39, 0.29) is 0 Å². The van der Waals surface area contributed by atoms with Crippen LogP contribution >= 0.6 is 17.7 Å². The van der Waals surface area contributed by atoms with E-state index in [4.69, 9.17) is 19.9 Å². The number of benzene rings is 3. The normalized spacial score (nSPS) is 16.5. The lowest BCUT2D eigenvalue weighted by Crippen LogP contribution is -2.47. The molecule has 3 aromatic rings. The van der Waals surface area contributed by atoms with E-state index in [0.717, 1.165) is 39.5 Å². The minimum Gasteiger partial charge on any atom is -0.496 e. The molecule has 0 saturated carbocycles. The van der Waals surface area contributed by atoms with Gasteiger partial charge in [-0.3, -0.25) is 4.79 Å². The molecule has 0 radical (unpaired) electrons. The van der Waals surface area contributed by atoms with E-state index >= 15 is 0 Å². The van der Waals surface area contributed by atoms with Crippen molar-refractivity contribution in [3.8, 4) is 22.6 Å². The van der Waals surface area contributed by atoms with Crippen LogP contribution in [0.3, 0.4) is 0 Å². The highest BCUT2D eigenvalue weighted by molar-refractivity contribution is 8.58. The van der Waals surface area contributed by atoms with Gasteiger partial charge in [0.25, 0.3) is 0 Å². The van der Waals surface area contributed by atoms with Crippen LogP contribution in [0.25, 0.3) is 11.1 Å². The SMILES string of the molecule is COc1ccc(-c2cccc(CCOc3ccc(SP(C)(=O)C4(C(N)=O)CCOCC4)cc3)c2)cc1C. The Hall–Kier alpha value is -2.73. The molecular formula is C29H34NO5PS. The number of amides is 1. The molecule has 1 aliphatic heterocycles. The third-order valence-electron chi connectivity index (χ3n) is 6.97. The summed E-state index contributed by atoms with van der Waals surface area (Å²) < 4.78 is 30.4. The number of hydrogen-bond donors (Lipinski definition) is 1. The maximum Gasteiger partial charge on any atom is 0.232 e. The molecule has 1 saturated heterocycles. The lowest BCUT2D eigenvalue weighted by atomic mass is 9.98. The fourth-order valence-electron chi connectivity index (χ4n) is 4.70. The molecule has 1 aliphatic rings. The molecule has 8 heteroatoms. The number of aryl methyl sites for hydroxylation is 1. The zero-order valence-electron chi connectivity index (χ0n) is 21.6. The van der Waals surface area contributed by atoms with Crippen LogP contribution in [0.1, 0.15) is 24.0 Å². The van der Waals surface area contributed by atoms with Crippen molar-refractivity contribution < 1.29 is 23.6 Å². The monoisotopic (exact) mass is 539 g/mol. The number of rotatable bonds is 10. The van der Waals surface area contributed by atoms with E-state index in [9.17, 15) is 9.36 Å². The lowest BCUT2D eigenvalue weighted by molar-refractivity contribution is -0.122. The van der Waals surface area contributed by atoms with E-state index in [1.807, 2.05) is 37.3 Å². The molecule has 196 valence electrons. The molecule has 6 nitrogen and oxygen atoms in total. The van der Waals surface area contributed by atoms with Crippen molar-refractivity contribution >= 4 is 23.6 Å². The zero-order valence-corrected chi connectivity index (χ0v) is 23.3. The van der Waals surface area contributed by atoms with Gasteiger partial charge in [-0.05, 0) is 85.1 Å². The predicted molar refractivity (Wildman–Crippen MR) is 150 cm³/mol. The minimum atomic E-state index is -2.98. The maximum atomic E-state index is 13.7. The Morgan fingerprint density at radius 2 is 1.76 bits per heavy atom. The van der Waals surface area contributed by atoms with Gasteiger partial charge in [-0.25, -0.2) is 0 Å². The number of ether oxygens (including phenoxy) is 3. The summed E-state index contributed by atoms with van der Waals surface area (Å²) in [5.41, 5.74) is 10.3. The van der Waals surface area contributed by atoms with Crippen LogP contribution in [-0.2, 0) is 20.5 Å². The smallest absolute Gasteiger partial charge is 0.232 e. The van der Waals surface area contributed by atoms with Gasteiger partial charge in [0.15, 0.2) is 6.34 Å². The summed E-state index contributed by atoms with van der Waals surface area (Å²) in [6.45, 7) is 5.05. The van der Waals surface area contributed by atoms with Crippen molar-refractivity contribution in [2.24, 2.45) is 5.73 Å². The maximum absolute atomic E-state index is 13.7. The first-order valence-corrected chi connectivity index (χ1v) is 15.9. The average molecular weight is 540 g/mol. The van der Waals surface area contributed by atoms with Crippen LogP contribution in [0, 0.1) is 6.92 Å². The number of carbonyl (C=O) groups excluding carboxylic acids is 1. The van der Waals surface area contributed by atoms with Gasteiger partial charge in [0.1, 0.15) is 16.7 Å². The van der Waals surface area contributed by atoms with Gasteiger partial charge in [0.05, 0.1) is 13.7 Å². The summed E-state index contributed by atoms with van der Waals surface area (Å²) in [6.07, 6.45) is -1.42. The third kappa shape index (κ3) is 6.23. The summed E-state index contributed by atoms with van der Waals surface area (Å²) in [5, 5.41) is -1.02. The summed E-state index contributed by atoms with van der Waals surface area (Å²) in [4.78, 5) is 13.1. The van der Waals surface area contributed by atoms with Gasteiger partial charge in [-0.15, -0.1) is 0 Å². The van der Waals surface area contributed by atoms with E-state index in [1.165, 1.54) is 16.9 Å². The first-order valence-electron chi connectivity index (χ1n) is 12.4. The van der Waals surface area contributed by atoms with Crippen LogP contribution in [0.4, 0.5) is 0 Å². The number of primary amides is 1. The quantitative estimate of drug-likeness (QED) is 0.303. The molecule has 2 N–H and O–H groups in total. The molecule has 1 amide bonds. The molecular weight excluding hydrogens is 505 g/mol. The highest BCUT2D eigenvalue weighted by Gasteiger charge is 2.51. The number of nitrogens with two attached hydrogens (primary N) is 1. The predicted octanol–water partition coefficient (Wildman–Crippen LogP) is 6.33. The molecule has 1 heterocycles. The van der Waals surface area contributed by atoms with Crippen LogP contribution < -0.4 is 15.2 Å². The Bertz CT molecular complexity index is 1290. The highest BCUT2D eigenvalue weighted by atomic mass is 32.7. The second-order valence-electron chi connectivity index (χ2n) is 9.40. The molecule has 1 unspecified atom stereocenters. The lowest BCUT2D eigenvalue weighted by Gasteiger charge is -2.38. The summed E-state index contributed by atoms with van der Waals surface area (Å²) in [6, 6.07) is 22.2. The van der Waals surface area contributed by atoms with Crippen molar-refractivity contribution in [3.05, 3.63) is 77.9 Å². The van der Waals surface area contributed by atoms with Crippen molar-refractivity contribution in [2.75, 3.05) is 33.6 Å². The summed E-state index contributed by atoms with van der Waals surface area (Å²) in [7, 11) is 1.68. The second kappa shape index (κ2) is 11.8. The fraction of sp³-hybridized carbons (Fsp3) is 0.345. The largest absolute Gasteiger partial charge is 0.496 e. The van der Waals surface area contributed by atoms with E-state index in [1.54, 1.807) is 13.8 Å². The van der Waals surface area contributed by atoms with E-state index in [0.29, 0.717) is 32.7 Å². The third-order valence-corrected chi connectivity index (χ3v) is 12.8. The van der Waals surface area contributed by atoms with Crippen LogP contribution in [-0.4, -0.2) is 44.7 Å². The molecule has 37 heavy (non-hydrogen) atoms. The first kappa shape index (κ1) is 27.3. The van der Waals surface area contributed by atoms with Gasteiger partial charge < -0.3 is 24.5 Å². The number of carbonyl (C=O) groups is 1. The topological polar surface area (TPSA) is 87.9 Å². The summed E-state index contributed by atoms with van der Waals surface area (Å²) in [5.74, 6) is 1.13. The Balaban J connectivity index is 1.35. The number of hydrogen-bond acceptors (Lipinski definition) is 6. The van der Waals surface area contributed by atoms with Gasteiger partial charge >= 0.3 is 0 Å². The van der Waals surface area contributed by atoms with Gasteiger partial charge in [-0.1, -0.05) is 41.7 Å².